The van der Waals surface area contributed by atoms with Gasteiger partial charge < -0.3 is 4.74 Å². The summed E-state index contributed by atoms with van der Waals surface area (Å²) in [7, 11) is 0. The van der Waals surface area contributed by atoms with Gasteiger partial charge in [0.05, 0.1) is 23.4 Å². The molecule has 25 heavy (non-hydrogen) atoms. The van der Waals surface area contributed by atoms with E-state index in [-0.39, 0.29) is 6.10 Å². The van der Waals surface area contributed by atoms with Crippen LogP contribution in [0, 0.1) is 0 Å². The van der Waals surface area contributed by atoms with E-state index < -0.39 is 11.7 Å². The van der Waals surface area contributed by atoms with Crippen LogP contribution in [0.25, 0.3) is 32.4 Å². The van der Waals surface area contributed by atoms with Crippen molar-refractivity contribution in [3.05, 3.63) is 48.2 Å². The Kier molecular flexibility index (Phi) is 3.39. The van der Waals surface area contributed by atoms with E-state index in [1.54, 1.807) is 12.3 Å². The number of alkyl halides is 3. The quantitative estimate of drug-likeness (QED) is 0.475. The minimum atomic E-state index is -4.39. The Morgan fingerprint density at radius 3 is 2.36 bits per heavy atom. The largest absolute Gasteiger partial charge is 0.491 e. The van der Waals surface area contributed by atoms with Gasteiger partial charge in [-0.2, -0.15) is 18.3 Å². The van der Waals surface area contributed by atoms with Gasteiger partial charge in [0, 0.05) is 10.8 Å². The second-order valence-corrected chi connectivity index (χ2v) is 6.29. The van der Waals surface area contributed by atoms with E-state index in [1.807, 2.05) is 26.0 Å². The molecule has 1 heterocycles. The van der Waals surface area contributed by atoms with Crippen LogP contribution < -0.4 is 4.74 Å². The first-order valence-electron chi connectivity index (χ1n) is 7.91. The molecule has 3 nitrogen and oxygen atoms in total. The molecule has 0 bridgehead atoms. The van der Waals surface area contributed by atoms with Crippen molar-refractivity contribution in [3.63, 3.8) is 0 Å². The number of halogens is 3. The fraction of sp³-hybridized carbons (Fsp3) is 0.211. The van der Waals surface area contributed by atoms with Crippen LogP contribution in [0.3, 0.4) is 0 Å². The first-order chi connectivity index (χ1) is 11.8. The summed E-state index contributed by atoms with van der Waals surface area (Å²) >= 11 is 0. The molecule has 6 heteroatoms. The van der Waals surface area contributed by atoms with Crippen LogP contribution in [-0.4, -0.2) is 16.3 Å². The third-order valence-corrected chi connectivity index (χ3v) is 4.20. The minimum absolute atomic E-state index is 0.0228. The fourth-order valence-corrected chi connectivity index (χ4v) is 3.18. The molecule has 0 aliphatic rings. The summed E-state index contributed by atoms with van der Waals surface area (Å²) in [4.78, 5) is 0. The number of nitrogens with one attached hydrogen (secondary N) is 1. The van der Waals surface area contributed by atoms with Gasteiger partial charge in [0.15, 0.2) is 0 Å². The number of fused-ring (bicyclic) bond motifs is 6. The SMILES string of the molecule is CC(C)Oc1ccc2c(c1)c1cc(C(F)(F)F)ccc1c1cn[nH]c21. The predicted octanol–water partition coefficient (Wildman–Crippen LogP) is 5.68. The number of nitrogens with zero attached hydrogens (tertiary/aromatic N) is 1. The first kappa shape index (κ1) is 15.7. The number of hydrogen-bond donors (Lipinski definition) is 1. The molecule has 0 saturated carbocycles. The van der Waals surface area contributed by atoms with Crippen LogP contribution in [0.4, 0.5) is 13.2 Å². The summed E-state index contributed by atoms with van der Waals surface area (Å²) in [5.74, 6) is 0.625. The standard InChI is InChI=1S/C19H15F3N2O/c1-10(2)25-12-4-6-14-16(8-12)15-7-11(19(20,21)22)3-5-13(15)17-9-23-24-18(14)17/h3-10H,1-2H3,(H,23,24). The van der Waals surface area contributed by atoms with Gasteiger partial charge in [-0.15, -0.1) is 0 Å². The smallest absolute Gasteiger partial charge is 0.416 e. The maximum absolute atomic E-state index is 13.2. The molecule has 0 fully saturated rings. The minimum Gasteiger partial charge on any atom is -0.491 e. The Morgan fingerprint density at radius 2 is 1.64 bits per heavy atom. The highest BCUT2D eigenvalue weighted by Crippen LogP contribution is 2.39. The molecule has 3 aromatic carbocycles. The number of H-pyrrole nitrogens is 1. The van der Waals surface area contributed by atoms with Crippen LogP contribution in [0.1, 0.15) is 19.4 Å². The number of aromatic nitrogens is 2. The molecule has 0 aliphatic heterocycles. The average Bonchev–Trinajstić information content (AvgIpc) is 3.03. The lowest BCUT2D eigenvalue weighted by Crippen LogP contribution is -2.05. The molecule has 0 amide bonds. The summed E-state index contributed by atoms with van der Waals surface area (Å²) in [6.45, 7) is 3.81. The van der Waals surface area contributed by atoms with Crippen molar-refractivity contribution in [2.24, 2.45) is 0 Å². The van der Waals surface area contributed by atoms with Gasteiger partial charge >= 0.3 is 6.18 Å². The zero-order chi connectivity index (χ0) is 17.8. The average molecular weight is 344 g/mol. The van der Waals surface area contributed by atoms with E-state index in [0.29, 0.717) is 16.5 Å². The van der Waals surface area contributed by atoms with Crippen molar-refractivity contribution in [2.75, 3.05) is 0 Å². The Bertz CT molecular complexity index is 1100. The van der Waals surface area contributed by atoms with Gasteiger partial charge in [-0.3, -0.25) is 5.10 Å². The van der Waals surface area contributed by atoms with Crippen LogP contribution in [0.5, 0.6) is 5.75 Å². The highest BCUT2D eigenvalue weighted by Gasteiger charge is 2.30. The lowest BCUT2D eigenvalue weighted by atomic mass is 9.96. The Morgan fingerprint density at radius 1 is 0.920 bits per heavy atom. The number of rotatable bonds is 2. The van der Waals surface area contributed by atoms with Crippen molar-refractivity contribution in [2.45, 2.75) is 26.1 Å². The van der Waals surface area contributed by atoms with Gasteiger partial charge in [0.2, 0.25) is 0 Å². The second kappa shape index (κ2) is 5.37. The first-order valence-corrected chi connectivity index (χ1v) is 7.91. The Balaban J connectivity index is 2.13. The maximum atomic E-state index is 13.2. The van der Waals surface area contributed by atoms with Gasteiger partial charge in [-0.05, 0) is 60.3 Å². The molecule has 4 aromatic rings. The molecule has 1 N–H and O–H groups in total. The summed E-state index contributed by atoms with van der Waals surface area (Å²) < 4.78 is 45.2. The molecule has 4 rings (SSSR count). The van der Waals surface area contributed by atoms with Gasteiger partial charge in [0.25, 0.3) is 0 Å². The zero-order valence-corrected chi connectivity index (χ0v) is 13.6. The van der Waals surface area contributed by atoms with E-state index in [4.69, 9.17) is 4.74 Å². The lowest BCUT2D eigenvalue weighted by Gasteiger charge is -2.13. The van der Waals surface area contributed by atoms with Crippen molar-refractivity contribution >= 4 is 32.4 Å². The van der Waals surface area contributed by atoms with Crippen molar-refractivity contribution in [3.8, 4) is 5.75 Å². The third-order valence-electron chi connectivity index (χ3n) is 4.20. The van der Waals surface area contributed by atoms with Crippen LogP contribution in [0.2, 0.25) is 0 Å². The normalized spacial score (nSPS) is 12.6. The highest BCUT2D eigenvalue weighted by atomic mass is 19.4. The van der Waals surface area contributed by atoms with Crippen molar-refractivity contribution in [1.82, 2.24) is 10.2 Å². The monoisotopic (exact) mass is 344 g/mol. The lowest BCUT2D eigenvalue weighted by molar-refractivity contribution is -0.137. The topological polar surface area (TPSA) is 37.9 Å². The second-order valence-electron chi connectivity index (χ2n) is 6.29. The predicted molar refractivity (Wildman–Crippen MR) is 91.9 cm³/mol. The molecular weight excluding hydrogens is 329 g/mol. The van der Waals surface area contributed by atoms with Crippen LogP contribution in [-0.2, 0) is 6.18 Å². The van der Waals surface area contributed by atoms with E-state index in [2.05, 4.69) is 10.2 Å². The van der Waals surface area contributed by atoms with E-state index in [1.165, 1.54) is 12.1 Å². The summed E-state index contributed by atoms with van der Waals surface area (Å²) in [6, 6.07) is 9.27. The summed E-state index contributed by atoms with van der Waals surface area (Å²) in [5.41, 5.74) is 0.137. The zero-order valence-electron chi connectivity index (χ0n) is 13.6. The molecule has 0 aliphatic carbocycles. The summed E-state index contributed by atoms with van der Waals surface area (Å²) in [5, 5.41) is 10.6. The molecule has 0 unspecified atom stereocenters. The molecule has 0 spiro atoms. The maximum Gasteiger partial charge on any atom is 0.416 e. The van der Waals surface area contributed by atoms with Crippen molar-refractivity contribution < 1.29 is 17.9 Å². The summed E-state index contributed by atoms with van der Waals surface area (Å²) in [6.07, 6.45) is -2.77. The Hall–Kier alpha value is -2.76. The molecule has 1 aromatic heterocycles. The van der Waals surface area contributed by atoms with E-state index in [0.717, 1.165) is 27.7 Å². The van der Waals surface area contributed by atoms with Crippen LogP contribution in [0.15, 0.2) is 42.6 Å². The van der Waals surface area contributed by atoms with Gasteiger partial charge in [-0.25, -0.2) is 0 Å². The molecular formula is C19H15F3N2O. The third kappa shape index (κ3) is 2.58. The van der Waals surface area contributed by atoms with E-state index in [9.17, 15) is 13.2 Å². The number of hydrogen-bond acceptors (Lipinski definition) is 2. The van der Waals surface area contributed by atoms with Crippen molar-refractivity contribution in [1.29, 1.82) is 0 Å². The molecule has 0 saturated heterocycles. The van der Waals surface area contributed by atoms with E-state index >= 15 is 0 Å². The Labute approximate surface area is 141 Å². The van der Waals surface area contributed by atoms with Crippen LogP contribution >= 0.6 is 0 Å². The highest BCUT2D eigenvalue weighted by molar-refractivity contribution is 6.24. The molecule has 0 radical (unpaired) electrons. The molecule has 128 valence electrons. The van der Waals surface area contributed by atoms with Gasteiger partial charge in [-0.1, -0.05) is 6.07 Å². The fourth-order valence-electron chi connectivity index (χ4n) is 3.18. The molecule has 0 atom stereocenters. The number of benzene rings is 3. The van der Waals surface area contributed by atoms with Gasteiger partial charge in [0.1, 0.15) is 5.75 Å². The number of ether oxygens (including phenoxy) is 1. The number of aromatic amines is 1.